The van der Waals surface area contributed by atoms with Crippen LogP contribution in [-0.2, 0) is 16.3 Å². The molecule has 1 aliphatic heterocycles. The average Bonchev–Trinajstić information content (AvgIpc) is 2.38. The monoisotopic (exact) mass is 283 g/mol. The van der Waals surface area contributed by atoms with Gasteiger partial charge in [0, 0.05) is 18.3 Å². The molecule has 106 valence electrons. The molecule has 1 aliphatic rings. The Hall–Kier alpha value is -1.23. The molecule has 0 saturated carbocycles. The summed E-state index contributed by atoms with van der Waals surface area (Å²) >= 11 is 0. The van der Waals surface area contributed by atoms with E-state index in [1.807, 2.05) is 19.1 Å². The molecule has 1 heterocycles. The quantitative estimate of drug-likeness (QED) is 0.870. The van der Waals surface area contributed by atoms with Gasteiger partial charge in [-0.2, -0.15) is 0 Å². The molecule has 0 aromatic heterocycles. The van der Waals surface area contributed by atoms with E-state index in [9.17, 15) is 8.42 Å². The smallest absolute Gasteiger partial charge is 0.153 e. The van der Waals surface area contributed by atoms with Crippen LogP contribution in [0, 0.1) is 0 Å². The van der Waals surface area contributed by atoms with E-state index in [4.69, 9.17) is 4.74 Å². The van der Waals surface area contributed by atoms with Crippen LogP contribution in [0.25, 0.3) is 0 Å². The zero-order chi connectivity index (χ0) is 13.7. The van der Waals surface area contributed by atoms with Crippen molar-refractivity contribution in [2.24, 2.45) is 0 Å². The summed E-state index contributed by atoms with van der Waals surface area (Å²) in [5.41, 5.74) is 2.41. The maximum atomic E-state index is 11.6. The summed E-state index contributed by atoms with van der Waals surface area (Å²) in [6, 6.07) is 5.93. The van der Waals surface area contributed by atoms with Crippen molar-refractivity contribution in [1.82, 2.24) is 0 Å². The first-order valence-corrected chi connectivity index (χ1v) is 8.63. The number of ether oxygens (including phenoxy) is 1. The van der Waals surface area contributed by atoms with Crippen LogP contribution in [0.1, 0.15) is 25.3 Å². The fourth-order valence-corrected chi connectivity index (χ4v) is 3.39. The Kier molecular flexibility index (Phi) is 4.69. The lowest BCUT2D eigenvalue weighted by molar-refractivity contribution is 0.341. The van der Waals surface area contributed by atoms with E-state index in [-0.39, 0.29) is 18.1 Å². The van der Waals surface area contributed by atoms with Crippen molar-refractivity contribution in [3.8, 4) is 5.75 Å². The highest BCUT2D eigenvalue weighted by Gasteiger charge is 2.11. The Labute approximate surface area is 115 Å². The first kappa shape index (κ1) is 14.2. The second kappa shape index (κ2) is 6.28. The SMILES string of the molecule is CCCS(=O)(=O)CCOc1ccc2c(c1)NCCC2. The number of hydrogen-bond acceptors (Lipinski definition) is 4. The van der Waals surface area contributed by atoms with Crippen LogP contribution in [0.4, 0.5) is 5.69 Å². The Balaban J connectivity index is 1.90. The molecule has 2 rings (SSSR count). The van der Waals surface area contributed by atoms with Crippen molar-refractivity contribution in [3.63, 3.8) is 0 Å². The van der Waals surface area contributed by atoms with Crippen molar-refractivity contribution in [2.75, 3.05) is 30.0 Å². The van der Waals surface area contributed by atoms with E-state index in [1.54, 1.807) is 0 Å². The van der Waals surface area contributed by atoms with Gasteiger partial charge in [-0.1, -0.05) is 13.0 Å². The molecule has 0 aliphatic carbocycles. The third-order valence-electron chi connectivity index (χ3n) is 3.20. The van der Waals surface area contributed by atoms with Crippen molar-refractivity contribution < 1.29 is 13.2 Å². The maximum Gasteiger partial charge on any atom is 0.153 e. The average molecular weight is 283 g/mol. The molecule has 19 heavy (non-hydrogen) atoms. The van der Waals surface area contributed by atoms with Crippen molar-refractivity contribution in [3.05, 3.63) is 23.8 Å². The van der Waals surface area contributed by atoms with Gasteiger partial charge in [-0.05, 0) is 30.9 Å². The molecule has 0 fully saturated rings. The molecule has 0 amide bonds. The Bertz CT molecular complexity index is 525. The van der Waals surface area contributed by atoms with Gasteiger partial charge in [0.25, 0.3) is 0 Å². The van der Waals surface area contributed by atoms with Gasteiger partial charge in [0.1, 0.15) is 12.4 Å². The van der Waals surface area contributed by atoms with Crippen molar-refractivity contribution in [2.45, 2.75) is 26.2 Å². The number of rotatable bonds is 6. The van der Waals surface area contributed by atoms with Crippen LogP contribution in [-0.4, -0.2) is 33.1 Å². The minimum atomic E-state index is -2.96. The summed E-state index contributed by atoms with van der Waals surface area (Å²) in [5, 5.41) is 3.33. The molecule has 0 bridgehead atoms. The first-order valence-electron chi connectivity index (χ1n) is 6.81. The summed E-state index contributed by atoms with van der Waals surface area (Å²) in [6.45, 7) is 3.08. The highest BCUT2D eigenvalue weighted by Crippen LogP contribution is 2.26. The van der Waals surface area contributed by atoms with E-state index in [0.29, 0.717) is 6.42 Å². The number of hydrogen-bond donors (Lipinski definition) is 1. The third kappa shape index (κ3) is 4.13. The Morgan fingerprint density at radius 2 is 2.16 bits per heavy atom. The van der Waals surface area contributed by atoms with Crippen LogP contribution in [0.5, 0.6) is 5.75 Å². The van der Waals surface area contributed by atoms with Crippen LogP contribution in [0.3, 0.4) is 0 Å². The number of nitrogens with one attached hydrogen (secondary N) is 1. The molecule has 1 aromatic rings. The molecule has 0 spiro atoms. The minimum Gasteiger partial charge on any atom is -0.492 e. The number of sulfone groups is 1. The van der Waals surface area contributed by atoms with Gasteiger partial charge in [-0.3, -0.25) is 0 Å². The fourth-order valence-electron chi connectivity index (χ4n) is 2.23. The van der Waals surface area contributed by atoms with Gasteiger partial charge in [0.05, 0.1) is 11.5 Å². The molecular weight excluding hydrogens is 262 g/mol. The largest absolute Gasteiger partial charge is 0.492 e. The highest BCUT2D eigenvalue weighted by atomic mass is 32.2. The zero-order valence-electron chi connectivity index (χ0n) is 11.3. The Morgan fingerprint density at radius 3 is 2.95 bits per heavy atom. The van der Waals surface area contributed by atoms with E-state index in [1.165, 1.54) is 5.56 Å². The molecule has 1 aromatic carbocycles. The number of anilines is 1. The van der Waals surface area contributed by atoms with Gasteiger partial charge in [0.2, 0.25) is 0 Å². The molecular formula is C14H21NO3S. The fraction of sp³-hybridized carbons (Fsp3) is 0.571. The van der Waals surface area contributed by atoms with Gasteiger partial charge in [-0.25, -0.2) is 8.42 Å². The second-order valence-corrected chi connectivity index (χ2v) is 7.15. The van der Waals surface area contributed by atoms with E-state index < -0.39 is 9.84 Å². The van der Waals surface area contributed by atoms with Crippen LogP contribution < -0.4 is 10.1 Å². The lowest BCUT2D eigenvalue weighted by Gasteiger charge is -2.18. The summed E-state index contributed by atoms with van der Waals surface area (Å²) in [5.74, 6) is 1.06. The zero-order valence-corrected chi connectivity index (χ0v) is 12.1. The third-order valence-corrected chi connectivity index (χ3v) is 5.02. The minimum absolute atomic E-state index is 0.0886. The lowest BCUT2D eigenvalue weighted by atomic mass is 10.0. The van der Waals surface area contributed by atoms with E-state index >= 15 is 0 Å². The van der Waals surface area contributed by atoms with E-state index in [0.717, 1.165) is 30.8 Å². The van der Waals surface area contributed by atoms with E-state index in [2.05, 4.69) is 11.4 Å². The summed E-state index contributed by atoms with van der Waals surface area (Å²) in [7, 11) is -2.96. The molecule has 0 atom stereocenters. The molecule has 4 nitrogen and oxygen atoms in total. The molecule has 5 heteroatoms. The Morgan fingerprint density at radius 1 is 1.32 bits per heavy atom. The van der Waals surface area contributed by atoms with Gasteiger partial charge in [-0.15, -0.1) is 0 Å². The van der Waals surface area contributed by atoms with Gasteiger partial charge in [0.15, 0.2) is 9.84 Å². The predicted octanol–water partition coefficient (Wildman–Crippen LogP) is 2.25. The molecule has 1 N–H and O–H groups in total. The van der Waals surface area contributed by atoms with Crippen molar-refractivity contribution in [1.29, 1.82) is 0 Å². The second-order valence-electron chi connectivity index (χ2n) is 4.85. The highest BCUT2D eigenvalue weighted by molar-refractivity contribution is 7.91. The summed E-state index contributed by atoms with van der Waals surface area (Å²) in [6.07, 6.45) is 2.90. The van der Waals surface area contributed by atoms with Crippen LogP contribution in [0.2, 0.25) is 0 Å². The van der Waals surface area contributed by atoms with Crippen LogP contribution >= 0.6 is 0 Å². The van der Waals surface area contributed by atoms with Gasteiger partial charge < -0.3 is 10.1 Å². The normalized spacial score (nSPS) is 14.6. The maximum absolute atomic E-state index is 11.6. The predicted molar refractivity (Wildman–Crippen MR) is 77.7 cm³/mol. The van der Waals surface area contributed by atoms with Crippen LogP contribution in [0.15, 0.2) is 18.2 Å². The number of benzene rings is 1. The molecule has 0 radical (unpaired) electrons. The topological polar surface area (TPSA) is 55.4 Å². The summed E-state index contributed by atoms with van der Waals surface area (Å²) < 4.78 is 28.7. The summed E-state index contributed by atoms with van der Waals surface area (Å²) in [4.78, 5) is 0. The molecule has 0 saturated heterocycles. The number of aryl methyl sites for hydroxylation is 1. The van der Waals surface area contributed by atoms with Gasteiger partial charge >= 0.3 is 0 Å². The standard InChI is InChI=1S/C14H21NO3S/c1-2-9-19(16,17)10-8-18-13-6-5-12-4-3-7-15-14(12)11-13/h5-6,11,15H,2-4,7-10H2,1H3. The number of fused-ring (bicyclic) bond motifs is 1. The first-order chi connectivity index (χ1) is 9.11. The van der Waals surface area contributed by atoms with Crippen molar-refractivity contribution >= 4 is 15.5 Å². The molecule has 0 unspecified atom stereocenters. The lowest BCUT2D eigenvalue weighted by Crippen LogP contribution is -2.17.